The zero-order chi connectivity index (χ0) is 13.2. The predicted molar refractivity (Wildman–Crippen MR) is 55.2 cm³/mol. The smallest absolute Gasteiger partial charge is 0.294 e. The summed E-state index contributed by atoms with van der Waals surface area (Å²) in [4.78, 5) is 11.6. The Morgan fingerprint density at radius 3 is 2.35 bits per heavy atom. The second kappa shape index (κ2) is 4.85. The van der Waals surface area contributed by atoms with Crippen LogP contribution in [0.25, 0.3) is 0 Å². The molecule has 0 atom stereocenters. The maximum absolute atomic E-state index is 13.4. The third-order valence-electron chi connectivity index (χ3n) is 2.19. The van der Waals surface area contributed by atoms with Crippen LogP contribution in [0.2, 0.25) is 0 Å². The molecule has 0 aliphatic heterocycles. The lowest BCUT2D eigenvalue weighted by Gasteiger charge is -2.13. The number of carbonyl (C=O) groups excluding carboxylic acids is 1. The molecule has 0 N–H and O–H groups in total. The predicted octanol–water partition coefficient (Wildman–Crippen LogP) is 4.07. The first-order chi connectivity index (χ1) is 7.73. The summed E-state index contributed by atoms with van der Waals surface area (Å²) < 4.78 is 51.2. The van der Waals surface area contributed by atoms with Gasteiger partial charge in [0, 0.05) is 6.42 Å². The number of rotatable bonds is 3. The highest BCUT2D eigenvalue weighted by Crippen LogP contribution is 2.33. The highest BCUT2D eigenvalue weighted by Gasteiger charge is 2.36. The van der Waals surface area contributed by atoms with Crippen LogP contribution in [0.1, 0.15) is 36.2 Å². The molecule has 0 spiro atoms. The van der Waals surface area contributed by atoms with Crippen LogP contribution < -0.4 is 0 Å². The Balaban J connectivity index is 3.26. The van der Waals surface area contributed by atoms with Gasteiger partial charge in [-0.3, -0.25) is 4.79 Å². The van der Waals surface area contributed by atoms with Crippen LogP contribution in [0, 0.1) is 11.7 Å². The number of alkyl halides is 3. The van der Waals surface area contributed by atoms with E-state index < -0.39 is 28.9 Å². The molecule has 0 fully saturated rings. The number of benzene rings is 1. The molecule has 1 rings (SSSR count). The van der Waals surface area contributed by atoms with Crippen molar-refractivity contribution < 1.29 is 22.4 Å². The van der Waals surface area contributed by atoms with Gasteiger partial charge in [-0.2, -0.15) is 13.2 Å². The number of ketones is 1. The van der Waals surface area contributed by atoms with Gasteiger partial charge in [0.25, 0.3) is 0 Å². The second-order valence-corrected chi connectivity index (χ2v) is 4.18. The maximum Gasteiger partial charge on any atom is 0.417 e. The molecule has 0 amide bonds. The van der Waals surface area contributed by atoms with Gasteiger partial charge in [-0.15, -0.1) is 0 Å². The first-order valence-corrected chi connectivity index (χ1v) is 5.12. The van der Waals surface area contributed by atoms with Crippen molar-refractivity contribution >= 4 is 5.78 Å². The minimum atomic E-state index is -4.72. The lowest BCUT2D eigenvalue weighted by Crippen LogP contribution is -2.16. The van der Waals surface area contributed by atoms with Gasteiger partial charge in [-0.05, 0) is 18.1 Å². The molecule has 17 heavy (non-hydrogen) atoms. The average Bonchev–Trinajstić information content (AvgIpc) is 2.14. The molecule has 0 radical (unpaired) electrons. The molecular weight excluding hydrogens is 236 g/mol. The van der Waals surface area contributed by atoms with Crippen LogP contribution in [0.3, 0.4) is 0 Å². The third-order valence-corrected chi connectivity index (χ3v) is 2.19. The molecule has 0 unspecified atom stereocenters. The molecule has 0 aliphatic rings. The third kappa shape index (κ3) is 3.28. The summed E-state index contributed by atoms with van der Waals surface area (Å²) in [6.07, 6.45) is -4.83. The fourth-order valence-corrected chi connectivity index (χ4v) is 1.52. The average molecular weight is 248 g/mol. The summed E-state index contributed by atoms with van der Waals surface area (Å²) in [5.74, 6) is -2.06. The lowest BCUT2D eigenvalue weighted by atomic mass is 9.96. The Morgan fingerprint density at radius 1 is 1.29 bits per heavy atom. The molecule has 1 aromatic rings. The van der Waals surface area contributed by atoms with Gasteiger partial charge in [-0.1, -0.05) is 19.9 Å². The van der Waals surface area contributed by atoms with E-state index in [1.54, 1.807) is 13.8 Å². The summed E-state index contributed by atoms with van der Waals surface area (Å²) in [6, 6.07) is 2.53. The van der Waals surface area contributed by atoms with Crippen LogP contribution in [-0.4, -0.2) is 5.78 Å². The second-order valence-electron chi connectivity index (χ2n) is 4.18. The van der Waals surface area contributed by atoms with Crippen molar-refractivity contribution in [3.05, 3.63) is 35.1 Å². The monoisotopic (exact) mass is 248 g/mol. The van der Waals surface area contributed by atoms with Gasteiger partial charge in [0.2, 0.25) is 0 Å². The van der Waals surface area contributed by atoms with Crippen molar-refractivity contribution in [1.82, 2.24) is 0 Å². The molecule has 0 heterocycles. The van der Waals surface area contributed by atoms with Crippen LogP contribution >= 0.6 is 0 Å². The SMILES string of the molecule is CC(C)CC(=O)c1c(F)cccc1C(F)(F)F. The van der Waals surface area contributed by atoms with E-state index >= 15 is 0 Å². The molecule has 1 nitrogen and oxygen atoms in total. The summed E-state index contributed by atoms with van der Waals surface area (Å²) in [5.41, 5.74) is -2.06. The van der Waals surface area contributed by atoms with E-state index in [4.69, 9.17) is 0 Å². The van der Waals surface area contributed by atoms with Gasteiger partial charge < -0.3 is 0 Å². The Bertz CT molecular complexity index is 421. The fourth-order valence-electron chi connectivity index (χ4n) is 1.52. The van der Waals surface area contributed by atoms with E-state index in [0.717, 1.165) is 18.2 Å². The van der Waals surface area contributed by atoms with Crippen molar-refractivity contribution in [3.63, 3.8) is 0 Å². The summed E-state index contributed by atoms with van der Waals surface area (Å²) >= 11 is 0. The number of hydrogen-bond donors (Lipinski definition) is 0. The molecule has 94 valence electrons. The van der Waals surface area contributed by atoms with E-state index in [0.29, 0.717) is 0 Å². The van der Waals surface area contributed by atoms with Crippen molar-refractivity contribution in [1.29, 1.82) is 0 Å². The Hall–Kier alpha value is -1.39. The van der Waals surface area contributed by atoms with Gasteiger partial charge in [0.1, 0.15) is 5.82 Å². The number of hydrogen-bond acceptors (Lipinski definition) is 1. The summed E-state index contributed by atoms with van der Waals surface area (Å²) in [5, 5.41) is 0. The van der Waals surface area contributed by atoms with Gasteiger partial charge in [0.15, 0.2) is 5.78 Å². The molecule has 0 saturated heterocycles. The molecule has 0 aromatic heterocycles. The van der Waals surface area contributed by atoms with E-state index in [1.807, 2.05) is 0 Å². The molecule has 0 aliphatic carbocycles. The van der Waals surface area contributed by atoms with Gasteiger partial charge in [0.05, 0.1) is 11.1 Å². The molecule has 5 heteroatoms. The largest absolute Gasteiger partial charge is 0.417 e. The normalized spacial score (nSPS) is 11.9. The van der Waals surface area contributed by atoms with E-state index in [-0.39, 0.29) is 12.3 Å². The topological polar surface area (TPSA) is 17.1 Å². The van der Waals surface area contributed by atoms with Crippen LogP contribution in [-0.2, 0) is 6.18 Å². The Labute approximate surface area is 96.4 Å². The number of halogens is 4. The molecule has 1 aromatic carbocycles. The molecule has 0 saturated carbocycles. The standard InChI is InChI=1S/C12H12F4O/c1-7(2)6-10(17)11-8(12(14,15)16)4-3-5-9(11)13/h3-5,7H,6H2,1-2H3. The highest BCUT2D eigenvalue weighted by molar-refractivity contribution is 5.98. The fraction of sp³-hybridized carbons (Fsp3) is 0.417. The summed E-state index contributed by atoms with van der Waals surface area (Å²) in [7, 11) is 0. The van der Waals surface area contributed by atoms with E-state index in [2.05, 4.69) is 0 Å². The number of Topliss-reactive ketones (excluding diaryl/α,β-unsaturated/α-hetero) is 1. The van der Waals surface area contributed by atoms with Crippen LogP contribution in [0.4, 0.5) is 17.6 Å². The van der Waals surface area contributed by atoms with Crippen molar-refractivity contribution in [2.45, 2.75) is 26.4 Å². The number of carbonyl (C=O) groups is 1. The van der Waals surface area contributed by atoms with Gasteiger partial charge >= 0.3 is 6.18 Å². The molecule has 0 bridgehead atoms. The first kappa shape index (κ1) is 13.7. The first-order valence-electron chi connectivity index (χ1n) is 5.12. The highest BCUT2D eigenvalue weighted by atomic mass is 19.4. The lowest BCUT2D eigenvalue weighted by molar-refractivity contribution is -0.138. The van der Waals surface area contributed by atoms with Gasteiger partial charge in [-0.25, -0.2) is 4.39 Å². The van der Waals surface area contributed by atoms with Crippen molar-refractivity contribution in [3.8, 4) is 0 Å². The zero-order valence-corrected chi connectivity index (χ0v) is 9.44. The van der Waals surface area contributed by atoms with Crippen LogP contribution in [0.5, 0.6) is 0 Å². The van der Waals surface area contributed by atoms with Crippen LogP contribution in [0.15, 0.2) is 18.2 Å². The maximum atomic E-state index is 13.4. The Kier molecular flexibility index (Phi) is 3.91. The minimum absolute atomic E-state index is 0.107. The quantitative estimate of drug-likeness (QED) is 0.582. The van der Waals surface area contributed by atoms with E-state index in [9.17, 15) is 22.4 Å². The van der Waals surface area contributed by atoms with Crippen molar-refractivity contribution in [2.75, 3.05) is 0 Å². The Morgan fingerprint density at radius 2 is 1.88 bits per heavy atom. The van der Waals surface area contributed by atoms with Crippen molar-refractivity contribution in [2.24, 2.45) is 5.92 Å². The molecular formula is C12H12F4O. The van der Waals surface area contributed by atoms with E-state index in [1.165, 1.54) is 0 Å². The summed E-state index contributed by atoms with van der Waals surface area (Å²) in [6.45, 7) is 3.37. The zero-order valence-electron chi connectivity index (χ0n) is 9.44. The minimum Gasteiger partial charge on any atom is -0.294 e.